The van der Waals surface area contributed by atoms with Gasteiger partial charge in [0.25, 0.3) is 5.91 Å². The maximum atomic E-state index is 11.3. The van der Waals surface area contributed by atoms with Crippen LogP contribution < -0.4 is 10.1 Å². The topological polar surface area (TPSA) is 38.3 Å². The van der Waals surface area contributed by atoms with Gasteiger partial charge in [-0.15, -0.1) is 0 Å². The van der Waals surface area contributed by atoms with Gasteiger partial charge in [0, 0.05) is 11.0 Å². The monoisotopic (exact) mass is 283 g/mol. The van der Waals surface area contributed by atoms with E-state index in [2.05, 4.69) is 27.8 Å². The first-order chi connectivity index (χ1) is 7.58. The summed E-state index contributed by atoms with van der Waals surface area (Å²) in [6.07, 6.45) is 0. The number of amides is 1. The van der Waals surface area contributed by atoms with Crippen LogP contribution >= 0.6 is 15.9 Å². The third kappa shape index (κ3) is 4.98. The molecule has 0 spiro atoms. The minimum absolute atomic E-state index is 0.0172. The number of carbonyl (C=O) groups is 1. The molecule has 86 valence electrons. The molecule has 4 heteroatoms. The molecule has 0 bridgehead atoms. The minimum Gasteiger partial charge on any atom is -0.484 e. The molecule has 0 fully saturated rings. The molecular weight excluding hydrogens is 270 g/mol. The van der Waals surface area contributed by atoms with Gasteiger partial charge in [-0.2, -0.15) is 0 Å². The second-order valence-corrected chi connectivity index (χ2v) is 4.52. The molecule has 0 saturated carbocycles. The van der Waals surface area contributed by atoms with Crippen LogP contribution in [0.3, 0.4) is 0 Å². The van der Waals surface area contributed by atoms with Gasteiger partial charge >= 0.3 is 0 Å². The molecule has 0 saturated heterocycles. The molecule has 16 heavy (non-hydrogen) atoms. The fourth-order valence-corrected chi connectivity index (χ4v) is 1.17. The Labute approximate surface area is 104 Å². The van der Waals surface area contributed by atoms with Gasteiger partial charge in [0.1, 0.15) is 5.75 Å². The van der Waals surface area contributed by atoms with Gasteiger partial charge in [0.2, 0.25) is 0 Å². The van der Waals surface area contributed by atoms with Crippen LogP contribution in [0.4, 0.5) is 0 Å². The average Bonchev–Trinajstić information content (AvgIpc) is 2.25. The molecule has 1 aromatic carbocycles. The van der Waals surface area contributed by atoms with Crippen LogP contribution in [0, 0.1) is 6.92 Å². The maximum Gasteiger partial charge on any atom is 0.258 e. The molecule has 0 aliphatic heterocycles. The fourth-order valence-electron chi connectivity index (χ4n) is 1.03. The molecule has 1 N–H and O–H groups in total. The molecular formula is C12H14BrNO2. The SMILES string of the molecule is C=C(Br)CNC(=O)COc1ccc(C)cc1. The summed E-state index contributed by atoms with van der Waals surface area (Å²) in [7, 11) is 0. The number of carbonyl (C=O) groups excluding carboxylic acids is 1. The van der Waals surface area contributed by atoms with E-state index in [0.29, 0.717) is 12.3 Å². The number of hydrogen-bond acceptors (Lipinski definition) is 2. The van der Waals surface area contributed by atoms with E-state index < -0.39 is 0 Å². The standard InChI is InChI=1S/C12H14BrNO2/c1-9-3-5-11(6-4-9)16-8-12(15)14-7-10(2)13/h3-6H,2,7-8H2,1H3,(H,14,15). The average molecular weight is 284 g/mol. The maximum absolute atomic E-state index is 11.3. The molecule has 1 amide bonds. The van der Waals surface area contributed by atoms with Gasteiger partial charge in [-0.05, 0) is 19.1 Å². The zero-order chi connectivity index (χ0) is 12.0. The zero-order valence-corrected chi connectivity index (χ0v) is 10.7. The molecule has 0 radical (unpaired) electrons. The van der Waals surface area contributed by atoms with Gasteiger partial charge in [-0.1, -0.05) is 40.2 Å². The van der Waals surface area contributed by atoms with Crippen LogP contribution in [-0.4, -0.2) is 19.1 Å². The number of benzene rings is 1. The van der Waals surface area contributed by atoms with E-state index in [9.17, 15) is 4.79 Å². The smallest absolute Gasteiger partial charge is 0.258 e. The highest BCUT2D eigenvalue weighted by Crippen LogP contribution is 2.10. The van der Waals surface area contributed by atoms with Crippen molar-refractivity contribution in [3.8, 4) is 5.75 Å². The van der Waals surface area contributed by atoms with Crippen molar-refractivity contribution in [1.29, 1.82) is 0 Å². The van der Waals surface area contributed by atoms with Crippen molar-refractivity contribution in [2.24, 2.45) is 0 Å². The van der Waals surface area contributed by atoms with E-state index in [1.54, 1.807) is 0 Å². The molecule has 0 aromatic heterocycles. The van der Waals surface area contributed by atoms with E-state index >= 15 is 0 Å². The van der Waals surface area contributed by atoms with Crippen LogP contribution in [0.2, 0.25) is 0 Å². The third-order valence-electron chi connectivity index (χ3n) is 1.87. The second kappa shape index (κ2) is 6.33. The van der Waals surface area contributed by atoms with Crippen LogP contribution in [0.15, 0.2) is 35.3 Å². The largest absolute Gasteiger partial charge is 0.484 e. The molecule has 0 aliphatic carbocycles. The van der Waals surface area contributed by atoms with E-state index in [-0.39, 0.29) is 12.5 Å². The second-order valence-electron chi connectivity index (χ2n) is 3.40. The number of ether oxygens (including phenoxy) is 1. The lowest BCUT2D eigenvalue weighted by Gasteiger charge is -2.06. The van der Waals surface area contributed by atoms with Crippen molar-refractivity contribution >= 4 is 21.8 Å². The Morgan fingerprint density at radius 3 is 2.62 bits per heavy atom. The number of hydrogen-bond donors (Lipinski definition) is 1. The lowest BCUT2D eigenvalue weighted by atomic mass is 10.2. The molecule has 1 aromatic rings. The van der Waals surface area contributed by atoms with Crippen molar-refractivity contribution in [3.05, 3.63) is 40.9 Å². The zero-order valence-electron chi connectivity index (χ0n) is 9.13. The van der Waals surface area contributed by atoms with Gasteiger partial charge in [0.15, 0.2) is 6.61 Å². The van der Waals surface area contributed by atoms with Gasteiger partial charge < -0.3 is 10.1 Å². The number of halogens is 1. The summed E-state index contributed by atoms with van der Waals surface area (Å²) < 4.78 is 6.03. The lowest BCUT2D eigenvalue weighted by Crippen LogP contribution is -2.29. The Morgan fingerprint density at radius 1 is 1.44 bits per heavy atom. The first-order valence-corrected chi connectivity index (χ1v) is 5.66. The van der Waals surface area contributed by atoms with Crippen molar-refractivity contribution < 1.29 is 9.53 Å². The van der Waals surface area contributed by atoms with Crippen molar-refractivity contribution in [3.63, 3.8) is 0 Å². The predicted octanol–water partition coefficient (Wildman–Crippen LogP) is 2.40. The van der Waals surface area contributed by atoms with Crippen LogP contribution in [0.5, 0.6) is 5.75 Å². The molecule has 3 nitrogen and oxygen atoms in total. The van der Waals surface area contributed by atoms with Crippen LogP contribution in [0.25, 0.3) is 0 Å². The van der Waals surface area contributed by atoms with Gasteiger partial charge in [-0.25, -0.2) is 0 Å². The first kappa shape index (κ1) is 12.8. The highest BCUT2D eigenvalue weighted by molar-refractivity contribution is 9.11. The van der Waals surface area contributed by atoms with Crippen LogP contribution in [0.1, 0.15) is 5.56 Å². The van der Waals surface area contributed by atoms with E-state index in [4.69, 9.17) is 4.74 Å². The fraction of sp³-hybridized carbons (Fsp3) is 0.250. The Morgan fingerprint density at radius 2 is 2.06 bits per heavy atom. The number of rotatable bonds is 5. The Kier molecular flexibility index (Phi) is 5.05. The molecule has 0 unspecified atom stereocenters. The highest BCUT2D eigenvalue weighted by atomic mass is 79.9. The van der Waals surface area contributed by atoms with Crippen LogP contribution in [-0.2, 0) is 4.79 Å². The summed E-state index contributed by atoms with van der Waals surface area (Å²) in [5.74, 6) is 0.527. The molecule has 1 rings (SSSR count). The van der Waals surface area contributed by atoms with E-state index in [0.717, 1.165) is 10.0 Å². The summed E-state index contributed by atoms with van der Waals surface area (Å²) in [4.78, 5) is 11.3. The number of nitrogens with one attached hydrogen (secondary N) is 1. The molecule has 0 aliphatic rings. The van der Waals surface area contributed by atoms with Crippen molar-refractivity contribution in [2.45, 2.75) is 6.92 Å². The quantitative estimate of drug-likeness (QED) is 0.901. The summed E-state index contributed by atoms with van der Waals surface area (Å²) >= 11 is 3.16. The van der Waals surface area contributed by atoms with E-state index in [1.807, 2.05) is 31.2 Å². The van der Waals surface area contributed by atoms with Gasteiger partial charge in [-0.3, -0.25) is 4.79 Å². The predicted molar refractivity (Wildman–Crippen MR) is 67.8 cm³/mol. The molecule has 0 atom stereocenters. The highest BCUT2D eigenvalue weighted by Gasteiger charge is 2.01. The molecule has 0 heterocycles. The minimum atomic E-state index is -0.166. The van der Waals surface area contributed by atoms with E-state index in [1.165, 1.54) is 0 Å². The normalized spacial score (nSPS) is 9.62. The Hall–Kier alpha value is -1.29. The summed E-state index contributed by atoms with van der Waals surface area (Å²) in [6.45, 7) is 6.04. The van der Waals surface area contributed by atoms with Crippen molar-refractivity contribution in [1.82, 2.24) is 5.32 Å². The summed E-state index contributed by atoms with van der Waals surface area (Å²) in [5, 5.41) is 2.65. The Bertz CT molecular complexity index is 373. The number of aryl methyl sites for hydroxylation is 1. The first-order valence-electron chi connectivity index (χ1n) is 4.87. The lowest BCUT2D eigenvalue weighted by molar-refractivity contribution is -0.122. The summed E-state index contributed by atoms with van der Waals surface area (Å²) in [5.41, 5.74) is 1.16. The van der Waals surface area contributed by atoms with Crippen molar-refractivity contribution in [2.75, 3.05) is 13.2 Å². The van der Waals surface area contributed by atoms with Gasteiger partial charge in [0.05, 0.1) is 0 Å². The Balaban J connectivity index is 2.31. The summed E-state index contributed by atoms with van der Waals surface area (Å²) in [6, 6.07) is 7.55. The third-order valence-corrected chi connectivity index (χ3v) is 2.15.